The monoisotopic (exact) mass is 233 g/mol. The molecule has 2 atom stereocenters. The van der Waals surface area contributed by atoms with Gasteiger partial charge in [-0.1, -0.05) is 0 Å². The Bertz CT molecular complexity index is 240. The average Bonchev–Trinajstić information content (AvgIpc) is 2.70. The minimum absolute atomic E-state index is 0.0173. The van der Waals surface area contributed by atoms with E-state index in [-0.39, 0.29) is 17.7 Å². The number of carboxylic acids is 1. The van der Waals surface area contributed by atoms with E-state index >= 15 is 0 Å². The Kier molecular flexibility index (Phi) is 4.90. The zero-order valence-electron chi connectivity index (χ0n) is 8.56. The lowest BCUT2D eigenvalue weighted by atomic mass is 10.2. The van der Waals surface area contributed by atoms with Gasteiger partial charge in [0.15, 0.2) is 6.10 Å². The van der Waals surface area contributed by atoms with Crippen LogP contribution in [0.5, 0.6) is 0 Å². The van der Waals surface area contributed by atoms with Crippen LogP contribution >= 0.6 is 11.8 Å². The molecule has 0 saturated carbocycles. The highest BCUT2D eigenvalue weighted by atomic mass is 32.2. The number of thioether (sulfide) groups is 1. The van der Waals surface area contributed by atoms with Gasteiger partial charge in [0.2, 0.25) is 5.91 Å². The maximum Gasteiger partial charge on any atom is 0.334 e. The van der Waals surface area contributed by atoms with Crippen LogP contribution in [0.25, 0.3) is 0 Å². The molecule has 1 fully saturated rings. The van der Waals surface area contributed by atoms with Crippen molar-refractivity contribution in [1.82, 2.24) is 5.32 Å². The summed E-state index contributed by atoms with van der Waals surface area (Å²) in [6.07, 6.45) is 0.969. The van der Waals surface area contributed by atoms with E-state index < -0.39 is 12.1 Å². The van der Waals surface area contributed by atoms with Gasteiger partial charge in [0, 0.05) is 7.11 Å². The van der Waals surface area contributed by atoms with E-state index in [1.54, 1.807) is 11.8 Å². The lowest BCUT2D eigenvalue weighted by Gasteiger charge is -2.13. The molecule has 15 heavy (non-hydrogen) atoms. The third-order valence-corrected chi connectivity index (χ3v) is 3.62. The van der Waals surface area contributed by atoms with Crippen LogP contribution in [-0.4, -0.2) is 47.7 Å². The molecule has 0 aromatic carbocycles. The molecule has 1 aliphatic heterocycles. The Morgan fingerprint density at radius 1 is 1.67 bits per heavy atom. The predicted octanol–water partition coefficient (Wildman–Crippen LogP) is 0.0978. The number of ether oxygens (including phenoxy) is 1. The maximum absolute atomic E-state index is 11.5. The van der Waals surface area contributed by atoms with E-state index in [2.05, 4.69) is 5.32 Å². The van der Waals surface area contributed by atoms with Crippen LogP contribution in [0.4, 0.5) is 0 Å². The molecule has 86 valence electrons. The van der Waals surface area contributed by atoms with Crippen molar-refractivity contribution in [3.63, 3.8) is 0 Å². The molecule has 1 amide bonds. The molecule has 1 aliphatic rings. The van der Waals surface area contributed by atoms with Crippen molar-refractivity contribution in [2.24, 2.45) is 0 Å². The summed E-state index contributed by atoms with van der Waals surface area (Å²) < 4.78 is 4.70. The molecule has 2 unspecified atom stereocenters. The van der Waals surface area contributed by atoms with Gasteiger partial charge in [-0.15, -0.1) is 11.8 Å². The van der Waals surface area contributed by atoms with Crippen LogP contribution in [0.15, 0.2) is 0 Å². The van der Waals surface area contributed by atoms with Gasteiger partial charge in [0.25, 0.3) is 0 Å². The summed E-state index contributed by atoms with van der Waals surface area (Å²) in [5.41, 5.74) is 0. The Labute approximate surface area is 92.6 Å². The topological polar surface area (TPSA) is 75.6 Å². The zero-order chi connectivity index (χ0) is 11.3. The fraction of sp³-hybridized carbons (Fsp3) is 0.778. The molecule has 2 N–H and O–H groups in total. The lowest BCUT2D eigenvalue weighted by Crippen LogP contribution is -2.40. The summed E-state index contributed by atoms with van der Waals surface area (Å²) in [6.45, 7) is 0.0295. The third-order valence-electron chi connectivity index (χ3n) is 2.24. The van der Waals surface area contributed by atoms with Gasteiger partial charge in [0.1, 0.15) is 0 Å². The highest BCUT2D eigenvalue weighted by molar-refractivity contribution is 8.00. The van der Waals surface area contributed by atoms with Crippen molar-refractivity contribution in [3.05, 3.63) is 0 Å². The van der Waals surface area contributed by atoms with Crippen molar-refractivity contribution in [3.8, 4) is 0 Å². The molecule has 1 saturated heterocycles. The van der Waals surface area contributed by atoms with Crippen LogP contribution in [0, 0.1) is 0 Å². The molecule has 0 radical (unpaired) electrons. The van der Waals surface area contributed by atoms with E-state index in [9.17, 15) is 9.59 Å². The van der Waals surface area contributed by atoms with Crippen molar-refractivity contribution < 1.29 is 19.4 Å². The molecular formula is C9H15NO4S. The SMILES string of the molecule is COC(CNC(=O)C1CCCS1)C(=O)O. The van der Waals surface area contributed by atoms with Gasteiger partial charge in [-0.2, -0.15) is 0 Å². The van der Waals surface area contributed by atoms with Gasteiger partial charge < -0.3 is 15.2 Å². The standard InChI is InChI=1S/C9H15NO4S/c1-14-6(9(12)13)5-10-8(11)7-3-2-4-15-7/h6-7H,2-5H2,1H3,(H,10,11)(H,12,13). The Morgan fingerprint density at radius 3 is 2.87 bits per heavy atom. The Balaban J connectivity index is 2.28. The molecular weight excluding hydrogens is 218 g/mol. The number of amides is 1. The molecule has 1 rings (SSSR count). The molecule has 6 heteroatoms. The van der Waals surface area contributed by atoms with E-state index in [0.717, 1.165) is 18.6 Å². The first kappa shape index (κ1) is 12.3. The second kappa shape index (κ2) is 5.97. The summed E-state index contributed by atoms with van der Waals surface area (Å²) in [4.78, 5) is 22.1. The third kappa shape index (κ3) is 3.71. The summed E-state index contributed by atoms with van der Waals surface area (Å²) in [7, 11) is 1.31. The highest BCUT2D eigenvalue weighted by Gasteiger charge is 2.25. The molecule has 0 aromatic heterocycles. The average molecular weight is 233 g/mol. The van der Waals surface area contributed by atoms with Crippen molar-refractivity contribution in [2.45, 2.75) is 24.2 Å². The molecule has 0 aromatic rings. The summed E-state index contributed by atoms with van der Waals surface area (Å²) >= 11 is 1.62. The fourth-order valence-electron chi connectivity index (χ4n) is 1.36. The number of carbonyl (C=O) groups is 2. The highest BCUT2D eigenvalue weighted by Crippen LogP contribution is 2.25. The Hall–Kier alpha value is -0.750. The molecule has 5 nitrogen and oxygen atoms in total. The van der Waals surface area contributed by atoms with Crippen LogP contribution in [0.3, 0.4) is 0 Å². The van der Waals surface area contributed by atoms with Gasteiger partial charge >= 0.3 is 5.97 Å². The van der Waals surface area contributed by atoms with Gasteiger partial charge in [-0.05, 0) is 18.6 Å². The van der Waals surface area contributed by atoms with Gasteiger partial charge in [0.05, 0.1) is 11.8 Å². The van der Waals surface area contributed by atoms with E-state index in [1.165, 1.54) is 7.11 Å². The van der Waals surface area contributed by atoms with Crippen LogP contribution < -0.4 is 5.32 Å². The Morgan fingerprint density at radius 2 is 2.40 bits per heavy atom. The second-order valence-corrected chi connectivity index (χ2v) is 4.62. The quantitative estimate of drug-likeness (QED) is 0.704. The number of aliphatic carboxylic acids is 1. The minimum Gasteiger partial charge on any atom is -0.479 e. The first-order valence-corrected chi connectivity index (χ1v) is 5.85. The number of nitrogens with one attached hydrogen (secondary N) is 1. The largest absolute Gasteiger partial charge is 0.479 e. The first-order chi connectivity index (χ1) is 7.15. The zero-order valence-corrected chi connectivity index (χ0v) is 9.38. The van der Waals surface area contributed by atoms with Crippen molar-refractivity contribution >= 4 is 23.6 Å². The van der Waals surface area contributed by atoms with Gasteiger partial charge in [-0.3, -0.25) is 4.79 Å². The number of carbonyl (C=O) groups excluding carboxylic acids is 1. The number of hydrogen-bond acceptors (Lipinski definition) is 4. The molecule has 0 aliphatic carbocycles. The van der Waals surface area contributed by atoms with E-state index in [4.69, 9.17) is 9.84 Å². The maximum atomic E-state index is 11.5. The van der Waals surface area contributed by atoms with Crippen LogP contribution in [0.2, 0.25) is 0 Å². The number of hydrogen-bond donors (Lipinski definition) is 2. The smallest absolute Gasteiger partial charge is 0.334 e. The van der Waals surface area contributed by atoms with Crippen LogP contribution in [0.1, 0.15) is 12.8 Å². The van der Waals surface area contributed by atoms with E-state index in [0.29, 0.717) is 0 Å². The molecule has 0 bridgehead atoms. The van der Waals surface area contributed by atoms with E-state index in [1.807, 2.05) is 0 Å². The predicted molar refractivity (Wildman–Crippen MR) is 56.9 cm³/mol. The summed E-state index contributed by atoms with van der Waals surface area (Å²) in [5, 5.41) is 11.2. The minimum atomic E-state index is -1.06. The number of methoxy groups -OCH3 is 1. The van der Waals surface area contributed by atoms with Crippen molar-refractivity contribution in [1.29, 1.82) is 0 Å². The molecule has 1 heterocycles. The second-order valence-electron chi connectivity index (χ2n) is 3.31. The summed E-state index contributed by atoms with van der Waals surface area (Å²) in [5.74, 6) is -0.136. The van der Waals surface area contributed by atoms with Crippen LogP contribution in [-0.2, 0) is 14.3 Å². The number of rotatable bonds is 5. The first-order valence-electron chi connectivity index (χ1n) is 4.80. The molecule has 0 spiro atoms. The normalized spacial score (nSPS) is 22.3. The summed E-state index contributed by atoms with van der Waals surface area (Å²) in [6, 6.07) is 0. The fourth-order valence-corrected chi connectivity index (χ4v) is 2.55. The lowest BCUT2D eigenvalue weighted by molar-refractivity contribution is -0.148. The number of carboxylic acid groups (broad SMARTS) is 1. The van der Waals surface area contributed by atoms with Gasteiger partial charge in [-0.25, -0.2) is 4.79 Å². The van der Waals surface area contributed by atoms with Crippen molar-refractivity contribution in [2.75, 3.05) is 19.4 Å².